The molecule has 2 aromatic rings. The molecule has 3 heteroatoms. The lowest BCUT2D eigenvalue weighted by Crippen LogP contribution is -2.12. The zero-order valence-electron chi connectivity index (χ0n) is 12.2. The van der Waals surface area contributed by atoms with Gasteiger partial charge in [0.2, 0.25) is 0 Å². The van der Waals surface area contributed by atoms with Gasteiger partial charge in [0.25, 0.3) is 0 Å². The normalized spacial score (nSPS) is 10.6. The van der Waals surface area contributed by atoms with Gasteiger partial charge < -0.3 is 10.1 Å². The maximum Gasteiger partial charge on any atom is 0.123 e. The summed E-state index contributed by atoms with van der Waals surface area (Å²) in [6, 6.07) is 10.8. The van der Waals surface area contributed by atoms with Gasteiger partial charge in [0.1, 0.15) is 11.6 Å². The summed E-state index contributed by atoms with van der Waals surface area (Å²) < 4.78 is 18.8. The molecule has 2 aromatic carbocycles. The fourth-order valence-electron chi connectivity index (χ4n) is 2.28. The van der Waals surface area contributed by atoms with Crippen LogP contribution >= 0.6 is 0 Å². The van der Waals surface area contributed by atoms with E-state index in [-0.39, 0.29) is 5.82 Å². The average molecular weight is 273 g/mol. The number of rotatable bonds is 5. The van der Waals surface area contributed by atoms with Crippen molar-refractivity contribution in [2.24, 2.45) is 0 Å². The van der Waals surface area contributed by atoms with Crippen LogP contribution in [0.2, 0.25) is 0 Å². The molecule has 0 saturated heterocycles. The van der Waals surface area contributed by atoms with Crippen LogP contribution in [0.4, 0.5) is 4.39 Å². The van der Waals surface area contributed by atoms with Crippen LogP contribution in [0.15, 0.2) is 36.4 Å². The molecule has 0 unspecified atom stereocenters. The molecule has 0 atom stereocenters. The largest absolute Gasteiger partial charge is 0.497 e. The van der Waals surface area contributed by atoms with E-state index in [0.717, 1.165) is 41.1 Å². The van der Waals surface area contributed by atoms with Crippen molar-refractivity contribution in [2.75, 3.05) is 13.7 Å². The van der Waals surface area contributed by atoms with E-state index in [1.165, 1.54) is 6.07 Å². The quantitative estimate of drug-likeness (QED) is 0.891. The predicted molar refractivity (Wildman–Crippen MR) is 80.5 cm³/mol. The smallest absolute Gasteiger partial charge is 0.123 e. The Morgan fingerprint density at radius 2 is 1.90 bits per heavy atom. The second-order valence-corrected chi connectivity index (χ2v) is 4.76. The Balaban J connectivity index is 2.47. The van der Waals surface area contributed by atoms with Crippen LogP contribution in [0.5, 0.6) is 5.75 Å². The van der Waals surface area contributed by atoms with Gasteiger partial charge in [-0.25, -0.2) is 4.39 Å². The molecule has 0 aliphatic carbocycles. The summed E-state index contributed by atoms with van der Waals surface area (Å²) in [7, 11) is 1.65. The van der Waals surface area contributed by atoms with Crippen LogP contribution in [-0.2, 0) is 6.54 Å². The van der Waals surface area contributed by atoms with Crippen molar-refractivity contribution in [3.63, 3.8) is 0 Å². The molecule has 106 valence electrons. The van der Waals surface area contributed by atoms with Crippen LogP contribution in [0.3, 0.4) is 0 Å². The Morgan fingerprint density at radius 3 is 2.55 bits per heavy atom. The van der Waals surface area contributed by atoms with Crippen molar-refractivity contribution in [1.82, 2.24) is 5.32 Å². The maximum atomic E-state index is 13.6. The summed E-state index contributed by atoms with van der Waals surface area (Å²) in [4.78, 5) is 0. The number of hydrogen-bond acceptors (Lipinski definition) is 2. The van der Waals surface area contributed by atoms with Gasteiger partial charge >= 0.3 is 0 Å². The molecule has 0 radical (unpaired) electrons. The SMILES string of the molecule is CCNCc1ccc(F)cc1-c1ccc(OC)cc1C. The molecule has 2 nitrogen and oxygen atoms in total. The van der Waals surface area contributed by atoms with Crippen LogP contribution < -0.4 is 10.1 Å². The molecule has 0 bridgehead atoms. The third-order valence-electron chi connectivity index (χ3n) is 3.36. The monoisotopic (exact) mass is 273 g/mol. The number of ether oxygens (including phenoxy) is 1. The van der Waals surface area contributed by atoms with Gasteiger partial charge in [-0.1, -0.05) is 19.1 Å². The Kier molecular flexibility index (Phi) is 4.74. The minimum Gasteiger partial charge on any atom is -0.497 e. The highest BCUT2D eigenvalue weighted by Gasteiger charge is 2.09. The summed E-state index contributed by atoms with van der Waals surface area (Å²) >= 11 is 0. The number of methoxy groups -OCH3 is 1. The second-order valence-electron chi connectivity index (χ2n) is 4.76. The van der Waals surface area contributed by atoms with Gasteiger partial charge in [-0.3, -0.25) is 0 Å². The molecule has 0 aromatic heterocycles. The van der Waals surface area contributed by atoms with E-state index in [0.29, 0.717) is 0 Å². The second kappa shape index (κ2) is 6.53. The first-order valence-electron chi connectivity index (χ1n) is 6.80. The minimum absolute atomic E-state index is 0.213. The van der Waals surface area contributed by atoms with Gasteiger partial charge in [0.15, 0.2) is 0 Å². The molecule has 0 aliphatic heterocycles. The van der Waals surface area contributed by atoms with Gasteiger partial charge in [-0.2, -0.15) is 0 Å². The molecule has 0 saturated carbocycles. The molecule has 0 spiro atoms. The minimum atomic E-state index is -0.213. The molecule has 0 aliphatic rings. The fraction of sp³-hybridized carbons (Fsp3) is 0.294. The zero-order chi connectivity index (χ0) is 14.5. The highest BCUT2D eigenvalue weighted by atomic mass is 19.1. The number of benzene rings is 2. The Labute approximate surface area is 119 Å². The van der Waals surface area contributed by atoms with Gasteiger partial charge in [-0.15, -0.1) is 0 Å². The number of nitrogens with one attached hydrogen (secondary N) is 1. The molecule has 20 heavy (non-hydrogen) atoms. The van der Waals surface area contributed by atoms with Crippen molar-refractivity contribution in [3.8, 4) is 16.9 Å². The van der Waals surface area contributed by atoms with E-state index in [1.54, 1.807) is 13.2 Å². The Hall–Kier alpha value is -1.87. The van der Waals surface area contributed by atoms with E-state index in [2.05, 4.69) is 12.2 Å². The first kappa shape index (κ1) is 14.5. The molecule has 0 fully saturated rings. The van der Waals surface area contributed by atoms with Crippen LogP contribution in [0, 0.1) is 12.7 Å². The summed E-state index contributed by atoms with van der Waals surface area (Å²) in [5.41, 5.74) is 4.15. The summed E-state index contributed by atoms with van der Waals surface area (Å²) in [5, 5.41) is 3.29. The predicted octanol–water partition coefficient (Wildman–Crippen LogP) is 3.92. The van der Waals surface area contributed by atoms with Crippen molar-refractivity contribution in [1.29, 1.82) is 0 Å². The Bertz CT molecular complexity index is 596. The molecule has 0 heterocycles. The highest BCUT2D eigenvalue weighted by Crippen LogP contribution is 2.30. The van der Waals surface area contributed by atoms with E-state index >= 15 is 0 Å². The summed E-state index contributed by atoms with van der Waals surface area (Å²) in [5.74, 6) is 0.603. The van der Waals surface area contributed by atoms with Crippen LogP contribution in [-0.4, -0.2) is 13.7 Å². The molecular weight excluding hydrogens is 253 g/mol. The molecule has 2 rings (SSSR count). The van der Waals surface area contributed by atoms with E-state index < -0.39 is 0 Å². The van der Waals surface area contributed by atoms with Crippen LogP contribution in [0.25, 0.3) is 11.1 Å². The maximum absolute atomic E-state index is 13.6. The standard InChI is InChI=1S/C17H20FNO/c1-4-19-11-13-5-6-14(18)10-17(13)16-8-7-15(20-3)9-12(16)2/h5-10,19H,4,11H2,1-3H3. The van der Waals surface area contributed by atoms with E-state index in [1.807, 2.05) is 31.2 Å². The van der Waals surface area contributed by atoms with E-state index in [4.69, 9.17) is 4.74 Å². The third-order valence-corrected chi connectivity index (χ3v) is 3.36. The summed E-state index contributed by atoms with van der Waals surface area (Å²) in [6.07, 6.45) is 0. The molecular formula is C17H20FNO. The van der Waals surface area contributed by atoms with Crippen molar-refractivity contribution in [3.05, 3.63) is 53.3 Å². The lowest BCUT2D eigenvalue weighted by Gasteiger charge is -2.13. The number of halogens is 1. The van der Waals surface area contributed by atoms with Gasteiger partial charge in [-0.05, 0) is 60.0 Å². The summed E-state index contributed by atoms with van der Waals surface area (Å²) in [6.45, 7) is 5.69. The van der Waals surface area contributed by atoms with Gasteiger partial charge in [0, 0.05) is 6.54 Å². The van der Waals surface area contributed by atoms with Crippen molar-refractivity contribution in [2.45, 2.75) is 20.4 Å². The van der Waals surface area contributed by atoms with Crippen molar-refractivity contribution >= 4 is 0 Å². The highest BCUT2D eigenvalue weighted by molar-refractivity contribution is 5.71. The first-order valence-corrected chi connectivity index (χ1v) is 6.80. The topological polar surface area (TPSA) is 21.3 Å². The van der Waals surface area contributed by atoms with E-state index in [9.17, 15) is 4.39 Å². The van der Waals surface area contributed by atoms with Crippen molar-refractivity contribution < 1.29 is 9.13 Å². The zero-order valence-corrected chi connectivity index (χ0v) is 12.2. The number of aryl methyl sites for hydroxylation is 1. The lowest BCUT2D eigenvalue weighted by molar-refractivity contribution is 0.414. The van der Waals surface area contributed by atoms with Crippen LogP contribution in [0.1, 0.15) is 18.1 Å². The lowest BCUT2D eigenvalue weighted by atomic mass is 9.95. The fourth-order valence-corrected chi connectivity index (χ4v) is 2.28. The third kappa shape index (κ3) is 3.17. The molecule has 0 amide bonds. The van der Waals surface area contributed by atoms with Gasteiger partial charge in [0.05, 0.1) is 7.11 Å². The number of hydrogen-bond donors (Lipinski definition) is 1. The molecule has 1 N–H and O–H groups in total. The Morgan fingerprint density at radius 1 is 1.10 bits per heavy atom. The average Bonchev–Trinajstić information content (AvgIpc) is 2.46. The first-order chi connectivity index (χ1) is 9.65.